The van der Waals surface area contributed by atoms with Crippen LogP contribution in [0.15, 0.2) is 0 Å². The topological polar surface area (TPSA) is 37.3 Å². The highest BCUT2D eigenvalue weighted by molar-refractivity contribution is 5.75. The van der Waals surface area contributed by atoms with Crippen LogP contribution in [0.4, 0.5) is 0 Å². The van der Waals surface area contributed by atoms with E-state index in [1.54, 1.807) is 0 Å². The van der Waals surface area contributed by atoms with E-state index in [-0.39, 0.29) is 17.4 Å². The summed E-state index contributed by atoms with van der Waals surface area (Å²) in [5.41, 5.74) is -0.405. The molecular formula is C8H17AlO2. The molecule has 0 atom stereocenters. The second kappa shape index (κ2) is 4.13. The maximum Gasteiger partial charge on any atom is 0.309 e. The van der Waals surface area contributed by atoms with Gasteiger partial charge >= 0.3 is 5.97 Å². The summed E-state index contributed by atoms with van der Waals surface area (Å²) in [6, 6.07) is 0. The van der Waals surface area contributed by atoms with E-state index in [2.05, 4.69) is 0 Å². The van der Waals surface area contributed by atoms with Crippen LogP contribution in [-0.2, 0) is 4.79 Å². The van der Waals surface area contributed by atoms with E-state index in [4.69, 9.17) is 5.11 Å². The molecule has 2 nitrogen and oxygen atoms in total. The second-order valence-electron chi connectivity index (χ2n) is 3.43. The average Bonchev–Trinajstić information content (AvgIpc) is 1.89. The first-order valence-electron chi connectivity index (χ1n) is 3.88. The first kappa shape index (κ1) is 11.0. The number of aliphatic carboxylic acids is 1. The molecule has 1 aliphatic carbocycles. The number of carboxylic acids is 1. The number of carbonyl (C=O) groups is 1. The third-order valence-corrected chi connectivity index (χ3v) is 2.47. The quantitative estimate of drug-likeness (QED) is 0.595. The predicted molar refractivity (Wildman–Crippen MR) is 48.8 cm³/mol. The van der Waals surface area contributed by atoms with Gasteiger partial charge in [0.05, 0.1) is 5.41 Å². The molecule has 0 aliphatic heterocycles. The van der Waals surface area contributed by atoms with Crippen molar-refractivity contribution in [2.45, 2.75) is 39.0 Å². The molecule has 0 saturated heterocycles. The molecule has 0 radical (unpaired) electrons. The van der Waals surface area contributed by atoms with Crippen LogP contribution in [0.5, 0.6) is 0 Å². The molecule has 1 fully saturated rings. The van der Waals surface area contributed by atoms with Gasteiger partial charge in [-0.3, -0.25) is 4.79 Å². The second-order valence-corrected chi connectivity index (χ2v) is 3.43. The zero-order valence-corrected chi connectivity index (χ0v) is 6.39. The Morgan fingerprint density at radius 1 is 1.27 bits per heavy atom. The van der Waals surface area contributed by atoms with Crippen molar-refractivity contribution in [1.82, 2.24) is 0 Å². The van der Waals surface area contributed by atoms with E-state index in [1.807, 2.05) is 6.92 Å². The Morgan fingerprint density at radius 3 is 2.00 bits per heavy atom. The summed E-state index contributed by atoms with van der Waals surface area (Å²) in [4.78, 5) is 10.7. The summed E-state index contributed by atoms with van der Waals surface area (Å²) < 4.78 is 0. The lowest BCUT2D eigenvalue weighted by atomic mass is 9.76. The fourth-order valence-electron chi connectivity index (χ4n) is 1.55. The first-order valence-corrected chi connectivity index (χ1v) is 3.88. The maximum atomic E-state index is 10.7. The Balaban J connectivity index is 0.000001000. The van der Waals surface area contributed by atoms with Crippen molar-refractivity contribution >= 4 is 23.3 Å². The summed E-state index contributed by atoms with van der Waals surface area (Å²) in [5.74, 6) is -0.618. The van der Waals surface area contributed by atoms with Crippen molar-refractivity contribution in [1.29, 1.82) is 0 Å². The molecule has 0 bridgehead atoms. The molecular weight excluding hydrogens is 155 g/mol. The Labute approximate surface area is 78.1 Å². The molecule has 0 amide bonds. The lowest BCUT2D eigenvalue weighted by Crippen LogP contribution is -2.29. The van der Waals surface area contributed by atoms with Crippen molar-refractivity contribution in [3.63, 3.8) is 0 Å². The Bertz CT molecular complexity index is 139. The van der Waals surface area contributed by atoms with Crippen LogP contribution in [-0.4, -0.2) is 28.4 Å². The minimum atomic E-state index is -0.618. The zero-order chi connectivity index (χ0) is 7.61. The number of hydrogen-bond acceptors (Lipinski definition) is 1. The summed E-state index contributed by atoms with van der Waals surface area (Å²) in [5, 5.41) is 8.80. The van der Waals surface area contributed by atoms with Gasteiger partial charge in [0.15, 0.2) is 17.4 Å². The minimum Gasteiger partial charge on any atom is -0.481 e. The molecule has 0 spiro atoms. The van der Waals surface area contributed by atoms with Crippen molar-refractivity contribution in [2.24, 2.45) is 5.41 Å². The smallest absolute Gasteiger partial charge is 0.309 e. The van der Waals surface area contributed by atoms with Gasteiger partial charge in [-0.25, -0.2) is 0 Å². The summed E-state index contributed by atoms with van der Waals surface area (Å²) in [6.07, 6.45) is 5.11. The van der Waals surface area contributed by atoms with E-state index in [9.17, 15) is 4.79 Å². The van der Waals surface area contributed by atoms with Crippen molar-refractivity contribution in [3.05, 3.63) is 0 Å². The van der Waals surface area contributed by atoms with Crippen molar-refractivity contribution < 1.29 is 9.90 Å². The molecule has 1 aliphatic rings. The minimum absolute atomic E-state index is 0. The van der Waals surface area contributed by atoms with E-state index < -0.39 is 11.4 Å². The van der Waals surface area contributed by atoms with Crippen LogP contribution in [0.1, 0.15) is 39.0 Å². The third kappa shape index (κ3) is 2.50. The first-order chi connectivity index (χ1) is 4.65. The van der Waals surface area contributed by atoms with Crippen LogP contribution in [0.25, 0.3) is 0 Å². The van der Waals surface area contributed by atoms with Gasteiger partial charge in [0, 0.05) is 0 Å². The van der Waals surface area contributed by atoms with Crippen LogP contribution in [0, 0.1) is 5.41 Å². The largest absolute Gasteiger partial charge is 0.481 e. The van der Waals surface area contributed by atoms with Gasteiger partial charge in [-0.1, -0.05) is 19.3 Å². The average molecular weight is 172 g/mol. The van der Waals surface area contributed by atoms with Crippen LogP contribution in [0.2, 0.25) is 0 Å². The Morgan fingerprint density at radius 2 is 1.73 bits per heavy atom. The van der Waals surface area contributed by atoms with Gasteiger partial charge in [0.25, 0.3) is 0 Å². The number of hydrogen-bond donors (Lipinski definition) is 1. The lowest BCUT2D eigenvalue weighted by molar-refractivity contribution is -0.149. The fraction of sp³-hybridized carbons (Fsp3) is 0.875. The Hall–Kier alpha value is 0.00247. The zero-order valence-electron chi connectivity index (χ0n) is 6.39. The summed E-state index contributed by atoms with van der Waals surface area (Å²) >= 11 is 0. The highest BCUT2D eigenvalue weighted by Gasteiger charge is 2.33. The van der Waals surface area contributed by atoms with E-state index >= 15 is 0 Å². The highest BCUT2D eigenvalue weighted by atomic mass is 27.0. The molecule has 1 saturated carbocycles. The molecule has 0 heterocycles. The van der Waals surface area contributed by atoms with Crippen molar-refractivity contribution in [3.8, 4) is 0 Å². The Kier molecular flexibility index (Phi) is 4.14. The SMILES string of the molecule is CC1(C(=O)O)CCCCC1.[AlH3]. The molecule has 0 aromatic heterocycles. The van der Waals surface area contributed by atoms with Crippen LogP contribution >= 0.6 is 0 Å². The van der Waals surface area contributed by atoms with Crippen LogP contribution < -0.4 is 0 Å². The molecule has 1 rings (SSSR count). The van der Waals surface area contributed by atoms with Gasteiger partial charge in [-0.05, 0) is 19.8 Å². The van der Waals surface area contributed by atoms with Crippen molar-refractivity contribution in [2.75, 3.05) is 0 Å². The highest BCUT2D eigenvalue weighted by Crippen LogP contribution is 2.35. The third-order valence-electron chi connectivity index (χ3n) is 2.47. The molecule has 3 heteroatoms. The monoisotopic (exact) mass is 172 g/mol. The summed E-state index contributed by atoms with van der Waals surface area (Å²) in [6.45, 7) is 1.86. The molecule has 64 valence electrons. The molecule has 11 heavy (non-hydrogen) atoms. The fourth-order valence-corrected chi connectivity index (χ4v) is 1.55. The van der Waals surface area contributed by atoms with E-state index in [0.29, 0.717) is 0 Å². The normalized spacial score (nSPS) is 21.9. The molecule has 0 aromatic carbocycles. The summed E-state index contributed by atoms with van der Waals surface area (Å²) in [7, 11) is 0. The number of carboxylic acid groups (broad SMARTS) is 1. The molecule has 1 N–H and O–H groups in total. The van der Waals surface area contributed by atoms with Gasteiger partial charge in [-0.15, -0.1) is 0 Å². The predicted octanol–water partition coefficient (Wildman–Crippen LogP) is 0.857. The van der Waals surface area contributed by atoms with E-state index in [1.165, 1.54) is 6.42 Å². The van der Waals surface area contributed by atoms with E-state index in [0.717, 1.165) is 25.7 Å². The standard InChI is InChI=1S/C8H14O2.Al.3H/c1-8(7(9)10)5-3-2-4-6-8;;;;/h2-6H2,1H3,(H,9,10);;;;. The lowest BCUT2D eigenvalue weighted by Gasteiger charge is -2.28. The van der Waals surface area contributed by atoms with Gasteiger partial charge < -0.3 is 5.11 Å². The van der Waals surface area contributed by atoms with Gasteiger partial charge in [0.2, 0.25) is 0 Å². The van der Waals surface area contributed by atoms with Gasteiger partial charge in [-0.2, -0.15) is 0 Å². The maximum absolute atomic E-state index is 10.7. The molecule has 0 unspecified atom stereocenters. The molecule has 0 aromatic rings. The number of rotatable bonds is 1. The van der Waals surface area contributed by atoms with Gasteiger partial charge in [0.1, 0.15) is 0 Å². The van der Waals surface area contributed by atoms with Crippen LogP contribution in [0.3, 0.4) is 0 Å².